The van der Waals surface area contributed by atoms with Crippen LogP contribution in [0.5, 0.6) is 5.75 Å². The number of anilines is 1. The lowest BCUT2D eigenvalue weighted by Crippen LogP contribution is -2.42. The van der Waals surface area contributed by atoms with Crippen LogP contribution in [0.1, 0.15) is 20.8 Å². The fourth-order valence-electron chi connectivity index (χ4n) is 2.05. The number of β-amino-alcohol motifs (C(OH)–C–C–N with tert-alkyl or cyclic N) is 1. The summed E-state index contributed by atoms with van der Waals surface area (Å²) in [5, 5.41) is 21.1. The van der Waals surface area contributed by atoms with Gasteiger partial charge in [-0.3, -0.25) is 0 Å². The summed E-state index contributed by atoms with van der Waals surface area (Å²) in [7, 11) is 0. The zero-order valence-electron chi connectivity index (χ0n) is 14.6. The van der Waals surface area contributed by atoms with E-state index in [1.54, 1.807) is 12.1 Å². The number of hydrogen-bond acceptors (Lipinski definition) is 7. The van der Waals surface area contributed by atoms with Gasteiger partial charge in [0.25, 0.3) is 0 Å². The van der Waals surface area contributed by atoms with Crippen molar-refractivity contribution in [2.24, 2.45) is 5.84 Å². The minimum absolute atomic E-state index is 0.0670. The van der Waals surface area contributed by atoms with Crippen LogP contribution in [0.3, 0.4) is 0 Å². The standard InChI is InChI=1S/C17H24FN5O2/c1-17(2,3)20-9-12(24)10-25-15-6-4-11(18)8-13(15)14-5-7-16(21-19)23-22-14/h4-8,12,20,24H,9-10,19H2,1-3H3,(H,21,23). The number of nitrogens with one attached hydrogen (secondary N) is 2. The highest BCUT2D eigenvalue weighted by molar-refractivity contribution is 5.67. The minimum atomic E-state index is -0.702. The first kappa shape index (κ1) is 19.0. The van der Waals surface area contributed by atoms with Gasteiger partial charge in [-0.05, 0) is 51.1 Å². The number of aromatic nitrogens is 2. The van der Waals surface area contributed by atoms with Gasteiger partial charge < -0.3 is 20.6 Å². The lowest BCUT2D eigenvalue weighted by Gasteiger charge is -2.23. The molecular formula is C17H24FN5O2. The molecule has 0 bridgehead atoms. The molecule has 0 aliphatic heterocycles. The zero-order chi connectivity index (χ0) is 18.4. The highest BCUT2D eigenvalue weighted by Crippen LogP contribution is 2.29. The number of ether oxygens (including phenoxy) is 1. The molecule has 1 heterocycles. The third kappa shape index (κ3) is 5.93. The summed E-state index contributed by atoms with van der Waals surface area (Å²) < 4.78 is 19.3. The predicted octanol–water partition coefficient (Wildman–Crippen LogP) is 1.70. The number of aliphatic hydroxyl groups is 1. The Labute approximate surface area is 146 Å². The maximum Gasteiger partial charge on any atom is 0.162 e. The second-order valence-corrected chi connectivity index (χ2v) is 6.68. The maximum absolute atomic E-state index is 13.6. The van der Waals surface area contributed by atoms with E-state index < -0.39 is 11.9 Å². The van der Waals surface area contributed by atoms with Gasteiger partial charge in [0.1, 0.15) is 24.3 Å². The van der Waals surface area contributed by atoms with Crippen LogP contribution in [0.25, 0.3) is 11.3 Å². The van der Waals surface area contributed by atoms with Crippen LogP contribution in [0.2, 0.25) is 0 Å². The number of nitrogen functional groups attached to an aromatic ring is 1. The van der Waals surface area contributed by atoms with E-state index in [4.69, 9.17) is 10.6 Å². The van der Waals surface area contributed by atoms with Crippen LogP contribution in [0, 0.1) is 5.82 Å². The largest absolute Gasteiger partial charge is 0.490 e. The summed E-state index contributed by atoms with van der Waals surface area (Å²) in [4.78, 5) is 0. The number of aliphatic hydroxyl groups excluding tert-OH is 1. The van der Waals surface area contributed by atoms with Crippen LogP contribution >= 0.6 is 0 Å². The molecule has 0 aliphatic carbocycles. The van der Waals surface area contributed by atoms with E-state index in [-0.39, 0.29) is 12.1 Å². The van der Waals surface area contributed by atoms with Crippen LogP contribution in [-0.4, -0.2) is 40.1 Å². The number of hydrogen-bond donors (Lipinski definition) is 4. The lowest BCUT2D eigenvalue weighted by atomic mass is 10.1. The molecule has 7 nitrogen and oxygen atoms in total. The number of rotatable bonds is 7. The van der Waals surface area contributed by atoms with Gasteiger partial charge in [0.15, 0.2) is 5.82 Å². The van der Waals surface area contributed by atoms with Crippen molar-refractivity contribution in [3.63, 3.8) is 0 Å². The maximum atomic E-state index is 13.6. The molecule has 0 fully saturated rings. The van der Waals surface area contributed by atoms with Gasteiger partial charge in [-0.25, -0.2) is 10.2 Å². The highest BCUT2D eigenvalue weighted by Gasteiger charge is 2.15. The van der Waals surface area contributed by atoms with Gasteiger partial charge in [0, 0.05) is 17.6 Å². The van der Waals surface area contributed by atoms with Crippen molar-refractivity contribution in [1.82, 2.24) is 15.5 Å². The predicted molar refractivity (Wildman–Crippen MR) is 94.5 cm³/mol. The number of nitrogens with zero attached hydrogens (tertiary/aromatic N) is 2. The summed E-state index contributed by atoms with van der Waals surface area (Å²) >= 11 is 0. The molecule has 0 radical (unpaired) electrons. The van der Waals surface area contributed by atoms with E-state index >= 15 is 0 Å². The first-order chi connectivity index (χ1) is 11.8. The molecule has 0 amide bonds. The Bertz CT molecular complexity index is 688. The van der Waals surface area contributed by atoms with E-state index in [9.17, 15) is 9.50 Å². The van der Waals surface area contributed by atoms with Crippen molar-refractivity contribution in [2.75, 3.05) is 18.6 Å². The first-order valence-corrected chi connectivity index (χ1v) is 7.94. The molecule has 5 N–H and O–H groups in total. The molecule has 2 aromatic rings. The summed E-state index contributed by atoms with van der Waals surface area (Å²) in [6.45, 7) is 6.49. The normalized spacial score (nSPS) is 12.7. The molecule has 1 unspecified atom stereocenters. The number of benzene rings is 1. The number of nitrogens with two attached hydrogens (primary N) is 1. The van der Waals surface area contributed by atoms with E-state index in [1.807, 2.05) is 20.8 Å². The number of hydrazine groups is 1. The average molecular weight is 349 g/mol. The van der Waals surface area contributed by atoms with Crippen molar-refractivity contribution >= 4 is 5.82 Å². The third-order valence-electron chi connectivity index (χ3n) is 3.33. The van der Waals surface area contributed by atoms with E-state index in [0.717, 1.165) is 0 Å². The molecular weight excluding hydrogens is 325 g/mol. The SMILES string of the molecule is CC(C)(C)NCC(O)COc1ccc(F)cc1-c1ccc(NN)nn1. The molecule has 0 saturated heterocycles. The van der Waals surface area contributed by atoms with Gasteiger partial charge in [-0.15, -0.1) is 10.2 Å². The average Bonchev–Trinajstić information content (AvgIpc) is 2.58. The Morgan fingerprint density at radius 3 is 2.60 bits per heavy atom. The van der Waals surface area contributed by atoms with Crippen molar-refractivity contribution < 1.29 is 14.2 Å². The molecule has 1 aromatic heterocycles. The molecule has 0 aliphatic rings. The molecule has 0 spiro atoms. The van der Waals surface area contributed by atoms with Gasteiger partial charge in [0.2, 0.25) is 0 Å². The van der Waals surface area contributed by atoms with Crippen molar-refractivity contribution in [3.8, 4) is 17.0 Å². The molecule has 2 rings (SSSR count). The van der Waals surface area contributed by atoms with Crippen molar-refractivity contribution in [2.45, 2.75) is 32.4 Å². The Kier molecular flexibility index (Phi) is 6.24. The topological polar surface area (TPSA) is 105 Å². The van der Waals surface area contributed by atoms with Gasteiger partial charge in [0.05, 0.1) is 5.69 Å². The number of halogens is 1. The van der Waals surface area contributed by atoms with Crippen molar-refractivity contribution in [1.29, 1.82) is 0 Å². The lowest BCUT2D eigenvalue weighted by molar-refractivity contribution is 0.100. The fourth-order valence-corrected chi connectivity index (χ4v) is 2.05. The zero-order valence-corrected chi connectivity index (χ0v) is 14.6. The van der Waals surface area contributed by atoms with E-state index in [2.05, 4.69) is 20.9 Å². The molecule has 0 saturated carbocycles. The molecule has 8 heteroatoms. The minimum Gasteiger partial charge on any atom is -0.490 e. The van der Waals surface area contributed by atoms with Crippen molar-refractivity contribution in [3.05, 3.63) is 36.1 Å². The fraction of sp³-hybridized carbons (Fsp3) is 0.412. The quantitative estimate of drug-likeness (QED) is 0.445. The summed E-state index contributed by atoms with van der Waals surface area (Å²) in [6, 6.07) is 7.39. The van der Waals surface area contributed by atoms with E-state index in [1.165, 1.54) is 18.2 Å². The van der Waals surface area contributed by atoms with Gasteiger partial charge in [-0.1, -0.05) is 0 Å². The van der Waals surface area contributed by atoms with E-state index in [0.29, 0.717) is 29.4 Å². The first-order valence-electron chi connectivity index (χ1n) is 7.94. The monoisotopic (exact) mass is 349 g/mol. The summed E-state index contributed by atoms with van der Waals surface area (Å²) in [6.07, 6.45) is -0.702. The second-order valence-electron chi connectivity index (χ2n) is 6.68. The van der Waals surface area contributed by atoms with Gasteiger partial charge in [-0.2, -0.15) is 0 Å². The smallest absolute Gasteiger partial charge is 0.162 e. The van der Waals surface area contributed by atoms with Crippen LogP contribution in [0.15, 0.2) is 30.3 Å². The highest BCUT2D eigenvalue weighted by atomic mass is 19.1. The molecule has 1 aromatic carbocycles. The Balaban J connectivity index is 2.10. The molecule has 1 atom stereocenters. The van der Waals surface area contributed by atoms with Crippen LogP contribution in [0.4, 0.5) is 10.2 Å². The summed E-state index contributed by atoms with van der Waals surface area (Å²) in [5.41, 5.74) is 3.17. The molecule has 25 heavy (non-hydrogen) atoms. The Morgan fingerprint density at radius 1 is 1.24 bits per heavy atom. The molecule has 136 valence electrons. The second kappa shape index (κ2) is 8.19. The Hall–Kier alpha value is -2.29. The Morgan fingerprint density at radius 2 is 2.00 bits per heavy atom. The van der Waals surface area contributed by atoms with Gasteiger partial charge >= 0.3 is 0 Å². The third-order valence-corrected chi connectivity index (χ3v) is 3.33. The van der Waals surface area contributed by atoms with Crippen LogP contribution < -0.4 is 21.3 Å². The van der Waals surface area contributed by atoms with Crippen LogP contribution in [-0.2, 0) is 0 Å². The summed E-state index contributed by atoms with van der Waals surface area (Å²) in [5.74, 6) is 5.66.